The first-order chi connectivity index (χ1) is 11.1. The number of fused-ring (bicyclic) bond motifs is 1. The highest BCUT2D eigenvalue weighted by atomic mass is 35.5. The quantitative estimate of drug-likeness (QED) is 0.624. The molecule has 0 amide bonds. The van der Waals surface area contributed by atoms with Crippen molar-refractivity contribution < 1.29 is 18.5 Å². The van der Waals surface area contributed by atoms with E-state index in [1.54, 1.807) is 30.3 Å². The van der Waals surface area contributed by atoms with Gasteiger partial charge in [0.2, 0.25) is 0 Å². The maximum absolute atomic E-state index is 12.4. The van der Waals surface area contributed by atoms with E-state index in [9.17, 15) is 9.00 Å². The summed E-state index contributed by atoms with van der Waals surface area (Å²) >= 11 is 5.92. The average Bonchev–Trinajstić information content (AvgIpc) is 2.92. The summed E-state index contributed by atoms with van der Waals surface area (Å²) in [6, 6.07) is 10.4. The molecule has 6 heteroatoms. The highest BCUT2D eigenvalue weighted by Gasteiger charge is 2.24. The third-order valence-electron chi connectivity index (χ3n) is 3.37. The monoisotopic (exact) mass is 348 g/mol. The van der Waals surface area contributed by atoms with Gasteiger partial charge in [0.1, 0.15) is 11.5 Å². The number of methoxy groups -OCH3 is 1. The normalized spacial score (nSPS) is 16.2. The van der Waals surface area contributed by atoms with Gasteiger partial charge < -0.3 is 9.47 Å². The van der Waals surface area contributed by atoms with E-state index in [2.05, 4.69) is 0 Å². The lowest BCUT2D eigenvalue weighted by molar-refractivity contribution is 0.104. The lowest BCUT2D eigenvalue weighted by Gasteiger charge is -2.07. The average molecular weight is 349 g/mol. The lowest BCUT2D eigenvalue weighted by atomic mass is 10.1. The van der Waals surface area contributed by atoms with Crippen LogP contribution in [0.15, 0.2) is 47.4 Å². The van der Waals surface area contributed by atoms with Crippen LogP contribution in [-0.2, 0) is 10.8 Å². The minimum absolute atomic E-state index is 0.106. The summed E-state index contributed by atoms with van der Waals surface area (Å²) in [6.07, 6.45) is 3.13. The van der Waals surface area contributed by atoms with Crippen LogP contribution in [0.2, 0.25) is 5.02 Å². The Morgan fingerprint density at radius 1 is 1.35 bits per heavy atom. The third kappa shape index (κ3) is 3.30. The molecular formula is C17H13ClO4S. The maximum atomic E-state index is 12.4. The zero-order chi connectivity index (χ0) is 16.4. The summed E-state index contributed by atoms with van der Waals surface area (Å²) in [6.45, 7) is 0. The molecule has 0 saturated heterocycles. The third-order valence-corrected chi connectivity index (χ3v) is 4.75. The first-order valence-corrected chi connectivity index (χ1v) is 8.49. The van der Waals surface area contributed by atoms with Gasteiger partial charge in [0.05, 0.1) is 28.4 Å². The lowest BCUT2D eigenvalue weighted by Crippen LogP contribution is -2.00. The van der Waals surface area contributed by atoms with Crippen LogP contribution in [0.5, 0.6) is 11.5 Å². The molecule has 1 heterocycles. The number of ketones is 1. The Bertz CT molecular complexity index is 829. The Hall–Kier alpha value is -2.11. The van der Waals surface area contributed by atoms with E-state index < -0.39 is 10.8 Å². The van der Waals surface area contributed by atoms with Crippen LogP contribution in [-0.4, -0.2) is 23.0 Å². The van der Waals surface area contributed by atoms with Crippen molar-refractivity contribution in [2.45, 2.75) is 4.90 Å². The minimum Gasteiger partial charge on any atom is -0.496 e. The van der Waals surface area contributed by atoms with Crippen molar-refractivity contribution in [3.63, 3.8) is 0 Å². The molecule has 0 bridgehead atoms. The van der Waals surface area contributed by atoms with Gasteiger partial charge >= 0.3 is 0 Å². The molecular weight excluding hydrogens is 336 g/mol. The fourth-order valence-electron chi connectivity index (χ4n) is 2.25. The number of halogens is 1. The number of hydrogen-bond donors (Lipinski definition) is 0. The molecule has 0 N–H and O–H groups in total. The van der Waals surface area contributed by atoms with E-state index >= 15 is 0 Å². The molecule has 2 aromatic rings. The van der Waals surface area contributed by atoms with Crippen molar-refractivity contribution in [2.75, 3.05) is 13.0 Å². The number of allylic oxidation sites excluding steroid dienone is 1. The largest absolute Gasteiger partial charge is 0.496 e. The van der Waals surface area contributed by atoms with Gasteiger partial charge in [-0.05, 0) is 29.8 Å². The molecule has 0 spiro atoms. The first kappa shape index (κ1) is 15.8. The molecule has 0 saturated carbocycles. The molecule has 3 rings (SSSR count). The molecule has 0 radical (unpaired) electrons. The van der Waals surface area contributed by atoms with Gasteiger partial charge in [-0.2, -0.15) is 0 Å². The van der Waals surface area contributed by atoms with Crippen LogP contribution >= 0.6 is 11.6 Å². The van der Waals surface area contributed by atoms with Gasteiger partial charge in [-0.25, -0.2) is 0 Å². The summed E-state index contributed by atoms with van der Waals surface area (Å²) in [7, 11) is 0.257. The van der Waals surface area contributed by atoms with Crippen molar-refractivity contribution >= 4 is 34.3 Å². The van der Waals surface area contributed by atoms with Gasteiger partial charge in [0, 0.05) is 11.1 Å². The van der Waals surface area contributed by atoms with Gasteiger partial charge in [-0.15, -0.1) is 0 Å². The van der Waals surface area contributed by atoms with E-state index in [0.717, 1.165) is 5.56 Å². The highest BCUT2D eigenvalue weighted by molar-refractivity contribution is 7.85. The molecule has 1 aliphatic heterocycles. The molecule has 23 heavy (non-hydrogen) atoms. The van der Waals surface area contributed by atoms with Crippen molar-refractivity contribution in [1.82, 2.24) is 0 Å². The number of carbonyl (C=O) groups excluding carboxylic acids is 1. The zero-order valence-corrected chi connectivity index (χ0v) is 13.8. The molecule has 0 aliphatic carbocycles. The summed E-state index contributed by atoms with van der Waals surface area (Å²) in [5.41, 5.74) is 1.19. The van der Waals surface area contributed by atoms with Gasteiger partial charge in [0.25, 0.3) is 0 Å². The Morgan fingerprint density at radius 2 is 2.17 bits per heavy atom. The summed E-state index contributed by atoms with van der Waals surface area (Å²) in [5.74, 6) is 0.715. The number of carbonyl (C=O) groups is 1. The Kier molecular flexibility index (Phi) is 4.50. The number of ether oxygens (including phenoxy) is 2. The van der Waals surface area contributed by atoms with Crippen molar-refractivity contribution in [2.24, 2.45) is 0 Å². The van der Waals surface area contributed by atoms with Crippen LogP contribution in [0.1, 0.15) is 15.9 Å². The molecule has 118 valence electrons. The predicted octanol–water partition coefficient (Wildman–Crippen LogP) is 3.70. The molecule has 1 atom stereocenters. The van der Waals surface area contributed by atoms with Crippen molar-refractivity contribution in [3.05, 3.63) is 58.6 Å². The fourth-order valence-corrected chi connectivity index (χ4v) is 3.39. The molecule has 2 aromatic carbocycles. The van der Waals surface area contributed by atoms with Crippen molar-refractivity contribution in [3.8, 4) is 11.5 Å². The first-order valence-electron chi connectivity index (χ1n) is 6.79. The van der Waals surface area contributed by atoms with Crippen molar-refractivity contribution in [1.29, 1.82) is 0 Å². The summed E-state index contributed by atoms with van der Waals surface area (Å²) in [4.78, 5) is 13.0. The molecule has 0 aromatic heterocycles. The zero-order valence-electron chi connectivity index (χ0n) is 12.2. The molecule has 0 fully saturated rings. The number of benzene rings is 2. The second-order valence-electron chi connectivity index (χ2n) is 4.86. The van der Waals surface area contributed by atoms with E-state index in [-0.39, 0.29) is 11.7 Å². The Labute approximate surface area is 141 Å². The van der Waals surface area contributed by atoms with Crippen LogP contribution in [0.25, 0.3) is 6.08 Å². The topological polar surface area (TPSA) is 52.6 Å². The van der Waals surface area contributed by atoms with E-state index in [1.807, 2.05) is 12.1 Å². The smallest absolute Gasteiger partial charge is 0.189 e. The Morgan fingerprint density at radius 3 is 2.91 bits per heavy atom. The highest BCUT2D eigenvalue weighted by Crippen LogP contribution is 2.35. The predicted molar refractivity (Wildman–Crippen MR) is 89.7 cm³/mol. The maximum Gasteiger partial charge on any atom is 0.189 e. The summed E-state index contributed by atoms with van der Waals surface area (Å²) in [5, 5.41) is 0.602. The van der Waals surface area contributed by atoms with Crippen LogP contribution in [0, 0.1) is 0 Å². The van der Waals surface area contributed by atoms with E-state index in [0.29, 0.717) is 27.0 Å². The number of rotatable bonds is 4. The minimum atomic E-state index is -1.21. The van der Waals surface area contributed by atoms with Crippen LogP contribution < -0.4 is 9.47 Å². The molecule has 1 unspecified atom stereocenters. The van der Waals surface area contributed by atoms with E-state index in [1.165, 1.54) is 13.2 Å². The number of hydrogen-bond acceptors (Lipinski definition) is 4. The second-order valence-corrected chi connectivity index (χ2v) is 6.66. The van der Waals surface area contributed by atoms with Gasteiger partial charge in [-0.1, -0.05) is 29.8 Å². The van der Waals surface area contributed by atoms with Crippen LogP contribution in [0.3, 0.4) is 0 Å². The molecule has 1 aliphatic rings. The van der Waals surface area contributed by atoms with Crippen LogP contribution in [0.4, 0.5) is 0 Å². The Balaban J connectivity index is 1.92. The second kappa shape index (κ2) is 6.56. The van der Waals surface area contributed by atoms with Gasteiger partial charge in [0.15, 0.2) is 11.7 Å². The summed E-state index contributed by atoms with van der Waals surface area (Å²) < 4.78 is 22.4. The standard InChI is InChI=1S/C17H13ClO4S/c1-21-15-9-17-16(22-10-23(17)20)8-13(15)14(19)6-5-11-3-2-4-12(18)7-11/h2-9H,10H2,1H3. The molecule has 4 nitrogen and oxygen atoms in total. The SMILES string of the molecule is COc1cc2c(cc1C(=O)C=Cc1cccc(Cl)c1)OCS2=O. The van der Waals surface area contributed by atoms with E-state index in [4.69, 9.17) is 21.1 Å². The fraction of sp³-hybridized carbons (Fsp3) is 0.118. The van der Waals surface area contributed by atoms with Gasteiger partial charge in [-0.3, -0.25) is 9.00 Å².